The molecule has 3 aromatic carbocycles. The standard InChI is InChI=1S/C23H21ClN2O3/c1-12(25)13-7-9-14(10-8-13)19-18(29-3)11-16(24)22-21(19)15-5-4-6-17(28-2)20(15)23(27)26-22/h4-12H,25H2,1-3H3,(H,26,27)/t12-/m1/s1. The van der Waals surface area contributed by atoms with E-state index in [-0.39, 0.29) is 11.6 Å². The van der Waals surface area contributed by atoms with Crippen LogP contribution in [0.2, 0.25) is 5.02 Å². The van der Waals surface area contributed by atoms with Gasteiger partial charge in [-0.3, -0.25) is 4.79 Å². The molecule has 0 unspecified atom stereocenters. The minimum absolute atomic E-state index is 0.0608. The number of rotatable bonds is 4. The van der Waals surface area contributed by atoms with Crippen molar-refractivity contribution >= 4 is 33.3 Å². The van der Waals surface area contributed by atoms with Crippen LogP contribution in [0.25, 0.3) is 32.8 Å². The van der Waals surface area contributed by atoms with Gasteiger partial charge in [0.15, 0.2) is 0 Å². The van der Waals surface area contributed by atoms with Crippen LogP contribution >= 0.6 is 11.6 Å². The maximum Gasteiger partial charge on any atom is 0.260 e. The highest BCUT2D eigenvalue weighted by atomic mass is 35.5. The number of hydrogen-bond donors (Lipinski definition) is 2. The van der Waals surface area contributed by atoms with Crippen LogP contribution in [0.15, 0.2) is 53.3 Å². The zero-order chi connectivity index (χ0) is 20.7. The van der Waals surface area contributed by atoms with Gasteiger partial charge in [-0.15, -0.1) is 0 Å². The van der Waals surface area contributed by atoms with Crippen molar-refractivity contribution in [3.63, 3.8) is 0 Å². The van der Waals surface area contributed by atoms with Gasteiger partial charge in [-0.1, -0.05) is 48.0 Å². The molecule has 0 aliphatic rings. The fourth-order valence-electron chi connectivity index (χ4n) is 3.74. The summed E-state index contributed by atoms with van der Waals surface area (Å²) in [6, 6.07) is 15.2. The zero-order valence-electron chi connectivity index (χ0n) is 16.4. The highest BCUT2D eigenvalue weighted by Crippen LogP contribution is 2.43. The Morgan fingerprint density at radius 1 is 1.00 bits per heavy atom. The third-order valence-electron chi connectivity index (χ3n) is 5.17. The maximum atomic E-state index is 12.8. The SMILES string of the molecule is COc1cc(Cl)c2[nH]c(=O)c3c(OC)cccc3c2c1-c1ccc([C@@H](C)N)cc1. The van der Waals surface area contributed by atoms with Crippen LogP contribution < -0.4 is 20.8 Å². The number of ether oxygens (including phenoxy) is 2. The van der Waals surface area contributed by atoms with Gasteiger partial charge >= 0.3 is 0 Å². The lowest BCUT2D eigenvalue weighted by Gasteiger charge is -2.17. The quantitative estimate of drug-likeness (QED) is 0.464. The van der Waals surface area contributed by atoms with E-state index in [0.29, 0.717) is 27.4 Å². The molecule has 1 atom stereocenters. The van der Waals surface area contributed by atoms with Crippen molar-refractivity contribution in [1.29, 1.82) is 0 Å². The molecule has 1 heterocycles. The summed E-state index contributed by atoms with van der Waals surface area (Å²) in [7, 11) is 3.15. The molecule has 3 N–H and O–H groups in total. The average Bonchev–Trinajstić information content (AvgIpc) is 2.73. The molecule has 4 aromatic rings. The van der Waals surface area contributed by atoms with E-state index >= 15 is 0 Å². The molecule has 0 spiro atoms. The predicted octanol–water partition coefficient (Wildman–Crippen LogP) is 5.04. The van der Waals surface area contributed by atoms with E-state index < -0.39 is 0 Å². The number of benzene rings is 3. The number of methoxy groups -OCH3 is 2. The molecule has 0 saturated heterocycles. The van der Waals surface area contributed by atoms with Gasteiger partial charge in [-0.25, -0.2) is 0 Å². The van der Waals surface area contributed by atoms with Crippen LogP contribution in [0, 0.1) is 0 Å². The molecule has 1 aromatic heterocycles. The zero-order valence-corrected chi connectivity index (χ0v) is 17.1. The van der Waals surface area contributed by atoms with Gasteiger partial charge in [0.2, 0.25) is 0 Å². The number of aromatic nitrogens is 1. The van der Waals surface area contributed by atoms with E-state index in [4.69, 9.17) is 26.8 Å². The Morgan fingerprint density at radius 2 is 1.69 bits per heavy atom. The first-order valence-corrected chi connectivity index (χ1v) is 9.59. The monoisotopic (exact) mass is 408 g/mol. The summed E-state index contributed by atoms with van der Waals surface area (Å²) in [6.45, 7) is 1.94. The largest absolute Gasteiger partial charge is 0.496 e. The Labute approximate surface area is 173 Å². The fraction of sp³-hybridized carbons (Fsp3) is 0.174. The van der Waals surface area contributed by atoms with Crippen molar-refractivity contribution in [1.82, 2.24) is 4.98 Å². The van der Waals surface area contributed by atoms with Gasteiger partial charge in [0.25, 0.3) is 5.56 Å². The Balaban J connectivity index is 2.19. The number of aromatic amines is 1. The average molecular weight is 409 g/mol. The van der Waals surface area contributed by atoms with Gasteiger partial charge in [0.1, 0.15) is 11.5 Å². The second-order valence-corrected chi connectivity index (χ2v) is 7.34. The Hall–Kier alpha value is -3.02. The minimum Gasteiger partial charge on any atom is -0.496 e. The predicted molar refractivity (Wildman–Crippen MR) is 118 cm³/mol. The van der Waals surface area contributed by atoms with Crippen molar-refractivity contribution in [2.24, 2.45) is 5.73 Å². The number of nitrogens with two attached hydrogens (primary N) is 1. The van der Waals surface area contributed by atoms with E-state index in [1.54, 1.807) is 26.4 Å². The Morgan fingerprint density at radius 3 is 2.31 bits per heavy atom. The van der Waals surface area contributed by atoms with Crippen molar-refractivity contribution in [2.75, 3.05) is 14.2 Å². The Bertz CT molecular complexity index is 1280. The second-order valence-electron chi connectivity index (χ2n) is 6.93. The number of H-pyrrole nitrogens is 1. The van der Waals surface area contributed by atoms with Crippen molar-refractivity contribution < 1.29 is 9.47 Å². The third kappa shape index (κ3) is 3.12. The van der Waals surface area contributed by atoms with Gasteiger partial charge in [-0.05, 0) is 24.1 Å². The summed E-state index contributed by atoms with van der Waals surface area (Å²) < 4.78 is 11.1. The molecule has 0 aliphatic carbocycles. The first-order chi connectivity index (χ1) is 14.0. The van der Waals surface area contributed by atoms with Crippen molar-refractivity contribution in [3.05, 3.63) is 69.5 Å². The molecular formula is C23H21ClN2O3. The van der Waals surface area contributed by atoms with E-state index in [0.717, 1.165) is 27.5 Å². The van der Waals surface area contributed by atoms with Gasteiger partial charge in [-0.2, -0.15) is 0 Å². The summed E-state index contributed by atoms with van der Waals surface area (Å²) in [5.41, 5.74) is 9.11. The fourth-order valence-corrected chi connectivity index (χ4v) is 3.98. The first-order valence-electron chi connectivity index (χ1n) is 9.21. The summed E-state index contributed by atoms with van der Waals surface area (Å²) in [5, 5.41) is 2.43. The highest BCUT2D eigenvalue weighted by molar-refractivity contribution is 6.37. The normalized spacial score (nSPS) is 12.3. The lowest BCUT2D eigenvalue weighted by molar-refractivity contribution is 0.417. The molecule has 6 heteroatoms. The van der Waals surface area contributed by atoms with E-state index in [9.17, 15) is 4.79 Å². The lowest BCUT2D eigenvalue weighted by atomic mass is 9.94. The number of pyridine rings is 1. The summed E-state index contributed by atoms with van der Waals surface area (Å²) >= 11 is 6.52. The summed E-state index contributed by atoms with van der Waals surface area (Å²) in [4.78, 5) is 15.7. The minimum atomic E-state index is -0.254. The summed E-state index contributed by atoms with van der Waals surface area (Å²) in [5.74, 6) is 1.12. The number of halogens is 1. The van der Waals surface area contributed by atoms with Crippen LogP contribution in [0.4, 0.5) is 0 Å². The molecule has 5 nitrogen and oxygen atoms in total. The third-order valence-corrected chi connectivity index (χ3v) is 5.47. The molecule has 0 radical (unpaired) electrons. The highest BCUT2D eigenvalue weighted by Gasteiger charge is 2.20. The maximum absolute atomic E-state index is 12.8. The molecule has 0 fully saturated rings. The van der Waals surface area contributed by atoms with E-state index in [2.05, 4.69) is 4.98 Å². The molecule has 29 heavy (non-hydrogen) atoms. The molecule has 4 rings (SSSR count). The molecule has 0 amide bonds. The molecule has 0 saturated carbocycles. The smallest absolute Gasteiger partial charge is 0.260 e. The Kier molecular flexibility index (Phi) is 4.94. The van der Waals surface area contributed by atoms with Gasteiger partial charge in [0.05, 0.1) is 30.1 Å². The molecule has 0 bridgehead atoms. The lowest BCUT2D eigenvalue weighted by Crippen LogP contribution is -2.09. The molecule has 0 aliphatic heterocycles. The topological polar surface area (TPSA) is 77.3 Å². The van der Waals surface area contributed by atoms with Crippen LogP contribution in [0.5, 0.6) is 11.5 Å². The molecular weight excluding hydrogens is 388 g/mol. The van der Waals surface area contributed by atoms with Crippen LogP contribution in [-0.4, -0.2) is 19.2 Å². The van der Waals surface area contributed by atoms with Crippen LogP contribution in [0.1, 0.15) is 18.5 Å². The first kappa shape index (κ1) is 19.3. The number of nitrogens with one attached hydrogen (secondary N) is 1. The number of fused-ring (bicyclic) bond motifs is 3. The molecule has 148 valence electrons. The second kappa shape index (κ2) is 7.43. The van der Waals surface area contributed by atoms with Gasteiger partial charge in [0, 0.05) is 28.4 Å². The number of hydrogen-bond acceptors (Lipinski definition) is 4. The van der Waals surface area contributed by atoms with E-state index in [1.807, 2.05) is 43.3 Å². The van der Waals surface area contributed by atoms with Crippen molar-refractivity contribution in [2.45, 2.75) is 13.0 Å². The van der Waals surface area contributed by atoms with Crippen LogP contribution in [-0.2, 0) is 0 Å². The summed E-state index contributed by atoms with van der Waals surface area (Å²) in [6.07, 6.45) is 0. The van der Waals surface area contributed by atoms with Gasteiger partial charge < -0.3 is 20.2 Å². The van der Waals surface area contributed by atoms with Crippen LogP contribution in [0.3, 0.4) is 0 Å². The van der Waals surface area contributed by atoms with E-state index in [1.165, 1.54) is 0 Å². The van der Waals surface area contributed by atoms with Crippen molar-refractivity contribution in [3.8, 4) is 22.6 Å².